The standard InChI is InChI=1S/C14H19BrN2S2/c1-2-19-11-5-4-10(8-11)17-13-6-3-9(14(16)18)7-12(13)15/h3,6-7,10-11,17H,2,4-5,8H2,1H3,(H2,16,18). The van der Waals surface area contributed by atoms with Gasteiger partial charge < -0.3 is 11.1 Å². The minimum atomic E-state index is 0.438. The minimum Gasteiger partial charge on any atom is -0.389 e. The summed E-state index contributed by atoms with van der Waals surface area (Å²) in [4.78, 5) is 0.438. The lowest BCUT2D eigenvalue weighted by atomic mass is 10.2. The van der Waals surface area contributed by atoms with Gasteiger partial charge in [-0.25, -0.2) is 0 Å². The normalized spacial score (nSPS) is 22.4. The zero-order valence-corrected chi connectivity index (χ0v) is 14.2. The van der Waals surface area contributed by atoms with E-state index >= 15 is 0 Å². The van der Waals surface area contributed by atoms with Crippen LogP contribution in [-0.4, -0.2) is 22.0 Å². The lowest BCUT2D eigenvalue weighted by Gasteiger charge is -2.16. The molecule has 1 saturated carbocycles. The number of halogens is 1. The molecule has 2 rings (SSSR count). The Morgan fingerprint density at radius 1 is 1.53 bits per heavy atom. The molecule has 19 heavy (non-hydrogen) atoms. The first-order chi connectivity index (χ1) is 9.10. The van der Waals surface area contributed by atoms with Crippen molar-refractivity contribution in [3.8, 4) is 0 Å². The highest BCUT2D eigenvalue weighted by Crippen LogP contribution is 2.33. The molecule has 104 valence electrons. The summed E-state index contributed by atoms with van der Waals surface area (Å²) < 4.78 is 1.03. The van der Waals surface area contributed by atoms with Crippen LogP contribution in [0.2, 0.25) is 0 Å². The van der Waals surface area contributed by atoms with Gasteiger partial charge in [-0.05, 0) is 59.1 Å². The smallest absolute Gasteiger partial charge is 0.104 e. The van der Waals surface area contributed by atoms with Crippen LogP contribution >= 0.6 is 39.9 Å². The molecular weight excluding hydrogens is 340 g/mol. The van der Waals surface area contributed by atoms with Gasteiger partial charge in [-0.15, -0.1) is 0 Å². The lowest BCUT2D eigenvalue weighted by molar-refractivity contribution is 0.756. The summed E-state index contributed by atoms with van der Waals surface area (Å²) in [6.45, 7) is 2.23. The van der Waals surface area contributed by atoms with Crippen LogP contribution in [0.5, 0.6) is 0 Å². The van der Waals surface area contributed by atoms with Gasteiger partial charge in [-0.2, -0.15) is 11.8 Å². The summed E-state index contributed by atoms with van der Waals surface area (Å²) in [5.41, 5.74) is 7.67. The second-order valence-corrected chi connectivity index (χ2v) is 7.66. The fraction of sp³-hybridized carbons (Fsp3) is 0.500. The Morgan fingerprint density at radius 2 is 2.32 bits per heavy atom. The number of nitrogens with two attached hydrogens (primary N) is 1. The summed E-state index contributed by atoms with van der Waals surface area (Å²) in [7, 11) is 0. The van der Waals surface area contributed by atoms with E-state index in [1.165, 1.54) is 25.0 Å². The van der Waals surface area contributed by atoms with Crippen molar-refractivity contribution in [1.82, 2.24) is 0 Å². The van der Waals surface area contributed by atoms with Gasteiger partial charge in [-0.3, -0.25) is 0 Å². The molecule has 2 unspecified atom stereocenters. The molecule has 0 heterocycles. The Balaban J connectivity index is 1.98. The number of benzene rings is 1. The average molecular weight is 359 g/mol. The van der Waals surface area contributed by atoms with Gasteiger partial charge in [0.2, 0.25) is 0 Å². The molecule has 2 atom stereocenters. The van der Waals surface area contributed by atoms with E-state index in [4.69, 9.17) is 18.0 Å². The van der Waals surface area contributed by atoms with Crippen molar-refractivity contribution in [3.05, 3.63) is 28.2 Å². The molecule has 1 aromatic carbocycles. The molecule has 5 heteroatoms. The number of hydrogen-bond acceptors (Lipinski definition) is 3. The van der Waals surface area contributed by atoms with E-state index < -0.39 is 0 Å². The van der Waals surface area contributed by atoms with E-state index in [1.54, 1.807) is 0 Å². The van der Waals surface area contributed by atoms with Crippen molar-refractivity contribution in [3.63, 3.8) is 0 Å². The fourth-order valence-corrected chi connectivity index (χ4v) is 4.23. The Labute approximate surface area is 133 Å². The first-order valence-electron chi connectivity index (χ1n) is 6.57. The van der Waals surface area contributed by atoms with E-state index in [-0.39, 0.29) is 0 Å². The highest BCUT2D eigenvalue weighted by Gasteiger charge is 2.24. The van der Waals surface area contributed by atoms with Crippen molar-refractivity contribution in [2.24, 2.45) is 5.73 Å². The van der Waals surface area contributed by atoms with Gasteiger partial charge >= 0.3 is 0 Å². The third-order valence-corrected chi connectivity index (χ3v) is 5.52. The van der Waals surface area contributed by atoms with E-state index in [0.29, 0.717) is 11.0 Å². The van der Waals surface area contributed by atoms with Crippen LogP contribution in [-0.2, 0) is 0 Å². The Hall–Kier alpha value is -0.260. The number of hydrogen-bond donors (Lipinski definition) is 2. The molecule has 3 N–H and O–H groups in total. The van der Waals surface area contributed by atoms with Crippen molar-refractivity contribution >= 4 is 50.6 Å². The molecule has 1 aromatic rings. The molecule has 0 spiro atoms. The van der Waals surface area contributed by atoms with Crippen LogP contribution in [0.25, 0.3) is 0 Å². The number of thioether (sulfide) groups is 1. The molecule has 0 bridgehead atoms. The molecule has 0 radical (unpaired) electrons. The summed E-state index contributed by atoms with van der Waals surface area (Å²) in [5, 5.41) is 4.44. The van der Waals surface area contributed by atoms with E-state index in [2.05, 4.69) is 46.0 Å². The number of nitrogens with one attached hydrogen (secondary N) is 1. The van der Waals surface area contributed by atoms with Gasteiger partial charge in [0.25, 0.3) is 0 Å². The quantitative estimate of drug-likeness (QED) is 0.774. The third kappa shape index (κ3) is 4.10. The van der Waals surface area contributed by atoms with Crippen molar-refractivity contribution in [1.29, 1.82) is 0 Å². The lowest BCUT2D eigenvalue weighted by Crippen LogP contribution is -2.17. The number of rotatable bonds is 5. The van der Waals surface area contributed by atoms with Crippen LogP contribution in [0.3, 0.4) is 0 Å². The van der Waals surface area contributed by atoms with E-state index in [1.807, 2.05) is 12.1 Å². The minimum absolute atomic E-state index is 0.438. The highest BCUT2D eigenvalue weighted by atomic mass is 79.9. The average Bonchev–Trinajstić information content (AvgIpc) is 2.79. The molecular formula is C14H19BrN2S2. The predicted octanol–water partition coefficient (Wildman–Crippen LogP) is 4.17. The third-order valence-electron chi connectivity index (χ3n) is 3.40. The largest absolute Gasteiger partial charge is 0.389 e. The topological polar surface area (TPSA) is 38.0 Å². The van der Waals surface area contributed by atoms with Crippen molar-refractivity contribution in [2.75, 3.05) is 11.1 Å². The van der Waals surface area contributed by atoms with Crippen LogP contribution in [0.15, 0.2) is 22.7 Å². The summed E-state index contributed by atoms with van der Waals surface area (Å²) >= 11 is 10.7. The number of thiocarbonyl (C=S) groups is 1. The molecule has 1 aliphatic rings. The van der Waals surface area contributed by atoms with Crippen LogP contribution in [0.4, 0.5) is 5.69 Å². The van der Waals surface area contributed by atoms with Crippen molar-refractivity contribution in [2.45, 2.75) is 37.5 Å². The molecule has 0 saturated heterocycles. The van der Waals surface area contributed by atoms with Crippen LogP contribution in [0, 0.1) is 0 Å². The molecule has 0 aliphatic heterocycles. The van der Waals surface area contributed by atoms with Gasteiger partial charge in [0.15, 0.2) is 0 Å². The maximum Gasteiger partial charge on any atom is 0.104 e. The second kappa shape index (κ2) is 6.95. The maximum absolute atomic E-state index is 5.64. The van der Waals surface area contributed by atoms with Gasteiger partial charge in [-0.1, -0.05) is 19.1 Å². The van der Waals surface area contributed by atoms with Crippen LogP contribution < -0.4 is 11.1 Å². The maximum atomic E-state index is 5.64. The van der Waals surface area contributed by atoms with Crippen molar-refractivity contribution < 1.29 is 0 Å². The zero-order valence-electron chi connectivity index (χ0n) is 11.0. The molecule has 0 aromatic heterocycles. The van der Waals surface area contributed by atoms with E-state index in [0.717, 1.165) is 21.0 Å². The predicted molar refractivity (Wildman–Crippen MR) is 93.2 cm³/mol. The Morgan fingerprint density at radius 3 is 2.95 bits per heavy atom. The highest BCUT2D eigenvalue weighted by molar-refractivity contribution is 9.10. The molecule has 1 fully saturated rings. The first-order valence-corrected chi connectivity index (χ1v) is 8.82. The Kier molecular flexibility index (Phi) is 5.54. The van der Waals surface area contributed by atoms with E-state index in [9.17, 15) is 0 Å². The van der Waals surface area contributed by atoms with Gasteiger partial charge in [0.1, 0.15) is 4.99 Å². The Bertz CT molecular complexity index is 465. The summed E-state index contributed by atoms with van der Waals surface area (Å²) in [6.07, 6.45) is 3.82. The monoisotopic (exact) mass is 358 g/mol. The molecule has 1 aliphatic carbocycles. The summed E-state index contributed by atoms with van der Waals surface area (Å²) in [6, 6.07) is 6.59. The molecule has 0 amide bonds. The number of anilines is 1. The summed E-state index contributed by atoms with van der Waals surface area (Å²) in [5.74, 6) is 1.21. The van der Waals surface area contributed by atoms with Crippen LogP contribution in [0.1, 0.15) is 31.7 Å². The van der Waals surface area contributed by atoms with Gasteiger partial charge in [0, 0.05) is 27.0 Å². The molecule has 2 nitrogen and oxygen atoms in total. The fourth-order valence-electron chi connectivity index (χ4n) is 2.46. The SMILES string of the molecule is CCSC1CCC(Nc2ccc(C(N)=S)cc2Br)C1. The zero-order chi connectivity index (χ0) is 13.8. The van der Waals surface area contributed by atoms with Gasteiger partial charge in [0.05, 0.1) is 0 Å². The second-order valence-electron chi connectivity index (χ2n) is 4.79. The first kappa shape index (κ1) is 15.1.